The summed E-state index contributed by atoms with van der Waals surface area (Å²) in [7, 11) is 0. The van der Waals surface area contributed by atoms with Crippen molar-refractivity contribution in [3.05, 3.63) is 77.4 Å². The highest BCUT2D eigenvalue weighted by Crippen LogP contribution is 2.48. The molecule has 0 amide bonds. The number of allylic oxidation sites excluding steroid dienone is 1. The van der Waals surface area contributed by atoms with Crippen LogP contribution < -0.4 is 0 Å². The van der Waals surface area contributed by atoms with Gasteiger partial charge < -0.3 is 0 Å². The minimum Gasteiger partial charge on any atom is -0.0949 e. The van der Waals surface area contributed by atoms with Crippen molar-refractivity contribution < 1.29 is 0 Å². The molecule has 0 aliphatic heterocycles. The van der Waals surface area contributed by atoms with Crippen molar-refractivity contribution in [1.29, 1.82) is 0 Å². The Kier molecular flexibility index (Phi) is 5.29. The molecule has 2 aliphatic rings. The average Bonchev–Trinajstić information content (AvgIpc) is 2.95. The Labute approximate surface area is 159 Å². The first-order valence-corrected chi connectivity index (χ1v) is 10.6. The van der Waals surface area contributed by atoms with Crippen LogP contribution in [0.1, 0.15) is 73.1 Å². The largest absolute Gasteiger partial charge is 0.0949 e. The fourth-order valence-electron chi connectivity index (χ4n) is 5.31. The normalized spacial score (nSPS) is 24.1. The summed E-state index contributed by atoms with van der Waals surface area (Å²) in [5.74, 6) is 2.16. The second-order valence-electron chi connectivity index (χ2n) is 8.59. The molecule has 4 rings (SSSR count). The number of hydrogen-bond acceptors (Lipinski definition) is 0. The van der Waals surface area contributed by atoms with Gasteiger partial charge in [0.15, 0.2) is 0 Å². The van der Waals surface area contributed by atoms with E-state index in [2.05, 4.69) is 62.0 Å². The molecule has 0 radical (unpaired) electrons. The zero-order valence-corrected chi connectivity index (χ0v) is 16.2. The van der Waals surface area contributed by atoms with Gasteiger partial charge in [0.25, 0.3) is 0 Å². The molecule has 2 atom stereocenters. The first-order chi connectivity index (χ1) is 12.7. The summed E-state index contributed by atoms with van der Waals surface area (Å²) in [4.78, 5) is 0. The van der Waals surface area contributed by atoms with Gasteiger partial charge in [-0.2, -0.15) is 0 Å². The quantitative estimate of drug-likeness (QED) is 0.511. The third-order valence-electron chi connectivity index (χ3n) is 6.80. The maximum absolute atomic E-state index is 4.60. The summed E-state index contributed by atoms with van der Waals surface area (Å²) in [5, 5.41) is 0. The van der Waals surface area contributed by atoms with Gasteiger partial charge in [0, 0.05) is 0 Å². The third kappa shape index (κ3) is 3.65. The van der Waals surface area contributed by atoms with Crippen molar-refractivity contribution in [3.63, 3.8) is 0 Å². The van der Waals surface area contributed by atoms with Crippen molar-refractivity contribution >= 4 is 5.57 Å². The zero-order valence-electron chi connectivity index (χ0n) is 16.2. The Morgan fingerprint density at radius 2 is 1.58 bits per heavy atom. The summed E-state index contributed by atoms with van der Waals surface area (Å²) in [6.07, 6.45) is 10.9. The molecule has 136 valence electrons. The summed E-state index contributed by atoms with van der Waals surface area (Å²) in [6, 6.07) is 18.2. The molecule has 0 N–H and O–H groups in total. The molecule has 0 spiro atoms. The predicted octanol–water partition coefficient (Wildman–Crippen LogP) is 7.32. The van der Waals surface area contributed by atoms with Gasteiger partial charge >= 0.3 is 0 Å². The van der Waals surface area contributed by atoms with Crippen LogP contribution in [-0.2, 0) is 6.42 Å². The van der Waals surface area contributed by atoms with Crippen LogP contribution >= 0.6 is 0 Å². The van der Waals surface area contributed by atoms with Crippen molar-refractivity contribution in [2.45, 2.75) is 64.2 Å². The highest BCUT2D eigenvalue weighted by molar-refractivity contribution is 5.71. The molecule has 1 saturated carbocycles. The van der Waals surface area contributed by atoms with E-state index < -0.39 is 0 Å². The second-order valence-corrected chi connectivity index (χ2v) is 8.59. The molecule has 0 bridgehead atoms. The summed E-state index contributed by atoms with van der Waals surface area (Å²) in [5.41, 5.74) is 7.23. The Balaban J connectivity index is 1.63. The molecule has 2 aromatic carbocycles. The molecular weight excluding hydrogens is 312 g/mol. The monoisotopic (exact) mass is 344 g/mol. The van der Waals surface area contributed by atoms with Crippen molar-refractivity contribution in [2.75, 3.05) is 0 Å². The van der Waals surface area contributed by atoms with Crippen LogP contribution in [0.4, 0.5) is 0 Å². The maximum atomic E-state index is 4.60. The summed E-state index contributed by atoms with van der Waals surface area (Å²) < 4.78 is 0. The van der Waals surface area contributed by atoms with Crippen LogP contribution in [-0.4, -0.2) is 0 Å². The third-order valence-corrected chi connectivity index (χ3v) is 6.80. The van der Waals surface area contributed by atoms with E-state index in [-0.39, 0.29) is 0 Å². The fraction of sp³-hybridized carbons (Fsp3) is 0.462. The Bertz CT molecular complexity index is 744. The minimum atomic E-state index is 0.632. The highest BCUT2D eigenvalue weighted by Gasteiger charge is 2.34. The Morgan fingerprint density at radius 1 is 0.885 bits per heavy atom. The van der Waals surface area contributed by atoms with Crippen LogP contribution in [0.5, 0.6) is 0 Å². The molecule has 26 heavy (non-hydrogen) atoms. The van der Waals surface area contributed by atoms with Crippen LogP contribution in [0.2, 0.25) is 0 Å². The lowest BCUT2D eigenvalue weighted by atomic mass is 9.66. The molecule has 2 aromatic rings. The van der Waals surface area contributed by atoms with Crippen LogP contribution in [0.15, 0.2) is 55.1 Å². The smallest absolute Gasteiger partial charge is 0.0110 e. The lowest BCUT2D eigenvalue weighted by Crippen LogP contribution is -2.25. The van der Waals surface area contributed by atoms with Crippen LogP contribution in [0.25, 0.3) is 5.57 Å². The van der Waals surface area contributed by atoms with Crippen molar-refractivity contribution in [2.24, 2.45) is 11.8 Å². The number of fused-ring (bicyclic) bond motifs is 1. The topological polar surface area (TPSA) is 0 Å². The van der Waals surface area contributed by atoms with Gasteiger partial charge in [0.1, 0.15) is 0 Å². The van der Waals surface area contributed by atoms with Crippen molar-refractivity contribution in [1.82, 2.24) is 0 Å². The van der Waals surface area contributed by atoms with Gasteiger partial charge in [-0.15, -0.1) is 0 Å². The van der Waals surface area contributed by atoms with Gasteiger partial charge in [0.05, 0.1) is 0 Å². The molecule has 0 saturated heterocycles. The maximum Gasteiger partial charge on any atom is -0.0110 e. The molecule has 2 aliphatic carbocycles. The van der Waals surface area contributed by atoms with E-state index in [9.17, 15) is 0 Å². The molecule has 0 heterocycles. The van der Waals surface area contributed by atoms with E-state index in [1.165, 1.54) is 72.8 Å². The van der Waals surface area contributed by atoms with E-state index >= 15 is 0 Å². The van der Waals surface area contributed by atoms with E-state index in [1.807, 2.05) is 0 Å². The molecular formula is C26H32. The predicted molar refractivity (Wildman–Crippen MR) is 112 cm³/mol. The SMILES string of the molecule is C=C1c2ccccc2C(Cc2ccc(C)cc2)CC1C1CCCCCC1. The van der Waals surface area contributed by atoms with Gasteiger partial charge in [-0.05, 0) is 72.6 Å². The minimum absolute atomic E-state index is 0.632. The highest BCUT2D eigenvalue weighted by atomic mass is 14.4. The lowest BCUT2D eigenvalue weighted by Gasteiger charge is -2.38. The Hall–Kier alpha value is -1.82. The molecule has 0 nitrogen and oxygen atoms in total. The number of hydrogen-bond donors (Lipinski definition) is 0. The van der Waals surface area contributed by atoms with Crippen LogP contribution in [0.3, 0.4) is 0 Å². The molecule has 0 heteroatoms. The first-order valence-electron chi connectivity index (χ1n) is 10.6. The van der Waals surface area contributed by atoms with Gasteiger partial charge in [0.2, 0.25) is 0 Å². The lowest BCUT2D eigenvalue weighted by molar-refractivity contribution is 0.317. The molecule has 1 fully saturated rings. The molecule has 2 unspecified atom stereocenters. The number of rotatable bonds is 3. The number of aryl methyl sites for hydroxylation is 1. The summed E-state index contributed by atoms with van der Waals surface area (Å²) >= 11 is 0. The average molecular weight is 345 g/mol. The Morgan fingerprint density at radius 3 is 2.31 bits per heavy atom. The van der Waals surface area contributed by atoms with E-state index in [0.29, 0.717) is 11.8 Å². The number of benzene rings is 2. The van der Waals surface area contributed by atoms with E-state index in [4.69, 9.17) is 0 Å². The fourth-order valence-corrected chi connectivity index (χ4v) is 5.31. The van der Waals surface area contributed by atoms with Gasteiger partial charge in [-0.1, -0.05) is 86.4 Å². The summed E-state index contributed by atoms with van der Waals surface area (Å²) in [6.45, 7) is 6.77. The van der Waals surface area contributed by atoms with Crippen molar-refractivity contribution in [3.8, 4) is 0 Å². The van der Waals surface area contributed by atoms with E-state index in [1.54, 1.807) is 0 Å². The molecule has 0 aromatic heterocycles. The van der Waals surface area contributed by atoms with E-state index in [0.717, 1.165) is 12.3 Å². The zero-order chi connectivity index (χ0) is 17.9. The van der Waals surface area contributed by atoms with Gasteiger partial charge in [-0.3, -0.25) is 0 Å². The standard InChI is InChI=1S/C26H32/c1-19-13-15-21(16-14-19)17-23-18-26(22-9-5-3-4-6-10-22)20(2)24-11-7-8-12-25(23)24/h7-8,11-16,22-23,26H,2-6,9-10,17-18H2,1H3. The first kappa shape index (κ1) is 17.6. The van der Waals surface area contributed by atoms with Gasteiger partial charge in [-0.25, -0.2) is 0 Å². The van der Waals surface area contributed by atoms with Crippen LogP contribution in [0, 0.1) is 18.8 Å². The second kappa shape index (κ2) is 7.82.